The SMILES string of the molecule is Cc1ccc(Cn2cnc3scc(-c4ccc(Cl)cc4)c3c2=O)cc1. The molecule has 2 aromatic carbocycles. The highest BCUT2D eigenvalue weighted by atomic mass is 35.5. The van der Waals surface area contributed by atoms with E-state index in [1.807, 2.05) is 48.7 Å². The number of nitrogens with zero attached hydrogens (tertiary/aromatic N) is 2. The van der Waals surface area contributed by atoms with Gasteiger partial charge in [0.2, 0.25) is 0 Å². The molecule has 0 N–H and O–H groups in total. The highest BCUT2D eigenvalue weighted by molar-refractivity contribution is 7.17. The second-order valence-corrected chi connectivity index (χ2v) is 7.29. The molecule has 0 amide bonds. The van der Waals surface area contributed by atoms with Gasteiger partial charge < -0.3 is 0 Å². The van der Waals surface area contributed by atoms with E-state index in [1.54, 1.807) is 10.9 Å². The standard InChI is InChI=1S/C20H15ClN2OS/c1-13-2-4-14(5-3-13)10-23-12-22-19-18(20(23)24)17(11-25-19)15-6-8-16(21)9-7-15/h2-9,11-12H,10H2,1H3. The van der Waals surface area contributed by atoms with Crippen LogP contribution in [0.5, 0.6) is 0 Å². The Bertz CT molecular complexity index is 1100. The van der Waals surface area contributed by atoms with Gasteiger partial charge in [-0.1, -0.05) is 53.6 Å². The molecule has 0 atom stereocenters. The minimum absolute atomic E-state index is 0.0169. The number of hydrogen-bond donors (Lipinski definition) is 0. The number of rotatable bonds is 3. The maximum absolute atomic E-state index is 13.0. The van der Waals surface area contributed by atoms with Gasteiger partial charge in [0.25, 0.3) is 5.56 Å². The molecular weight excluding hydrogens is 352 g/mol. The van der Waals surface area contributed by atoms with Crippen molar-refractivity contribution in [2.24, 2.45) is 0 Å². The Hall–Kier alpha value is -2.43. The maximum atomic E-state index is 13.0. The monoisotopic (exact) mass is 366 g/mol. The highest BCUT2D eigenvalue weighted by Crippen LogP contribution is 2.31. The quantitative estimate of drug-likeness (QED) is 0.503. The van der Waals surface area contributed by atoms with Gasteiger partial charge in [-0.05, 0) is 30.2 Å². The van der Waals surface area contributed by atoms with E-state index in [1.165, 1.54) is 16.9 Å². The molecule has 4 aromatic rings. The van der Waals surface area contributed by atoms with E-state index in [0.29, 0.717) is 17.0 Å². The Morgan fingerprint density at radius 2 is 1.80 bits per heavy atom. The number of halogens is 1. The second kappa shape index (κ2) is 6.47. The molecule has 0 aliphatic rings. The molecule has 0 saturated heterocycles. The van der Waals surface area contributed by atoms with Crippen LogP contribution < -0.4 is 5.56 Å². The van der Waals surface area contributed by atoms with Crippen molar-refractivity contribution in [1.29, 1.82) is 0 Å². The van der Waals surface area contributed by atoms with Crippen molar-refractivity contribution in [3.8, 4) is 11.1 Å². The molecule has 2 aromatic heterocycles. The van der Waals surface area contributed by atoms with Crippen LogP contribution in [0.3, 0.4) is 0 Å². The summed E-state index contributed by atoms with van der Waals surface area (Å²) in [5, 5.41) is 3.33. The van der Waals surface area contributed by atoms with E-state index in [4.69, 9.17) is 11.6 Å². The first-order chi connectivity index (χ1) is 12.1. The Morgan fingerprint density at radius 1 is 1.08 bits per heavy atom. The van der Waals surface area contributed by atoms with Crippen LogP contribution in [-0.2, 0) is 6.54 Å². The van der Waals surface area contributed by atoms with Crippen molar-refractivity contribution in [1.82, 2.24) is 9.55 Å². The fraction of sp³-hybridized carbons (Fsp3) is 0.100. The Morgan fingerprint density at radius 3 is 2.52 bits per heavy atom. The molecular formula is C20H15ClN2OS. The van der Waals surface area contributed by atoms with E-state index >= 15 is 0 Å². The maximum Gasteiger partial charge on any atom is 0.263 e. The third kappa shape index (κ3) is 3.11. The topological polar surface area (TPSA) is 34.9 Å². The van der Waals surface area contributed by atoms with Crippen LogP contribution >= 0.6 is 22.9 Å². The molecule has 0 unspecified atom stereocenters. The fourth-order valence-electron chi connectivity index (χ4n) is 2.81. The molecule has 0 saturated carbocycles. The smallest absolute Gasteiger partial charge is 0.263 e. The molecule has 0 aliphatic carbocycles. The van der Waals surface area contributed by atoms with Crippen molar-refractivity contribution in [2.75, 3.05) is 0 Å². The Balaban J connectivity index is 1.81. The summed E-state index contributed by atoms with van der Waals surface area (Å²) in [6.07, 6.45) is 1.63. The van der Waals surface area contributed by atoms with E-state index in [0.717, 1.165) is 21.5 Å². The van der Waals surface area contributed by atoms with Crippen molar-refractivity contribution >= 4 is 33.2 Å². The zero-order valence-corrected chi connectivity index (χ0v) is 15.1. The van der Waals surface area contributed by atoms with Crippen LogP contribution in [0.2, 0.25) is 5.02 Å². The number of thiophene rings is 1. The predicted octanol–water partition coefficient (Wildman–Crippen LogP) is 5.14. The minimum Gasteiger partial charge on any atom is -0.294 e. The van der Waals surface area contributed by atoms with Gasteiger partial charge in [0, 0.05) is 16.0 Å². The van der Waals surface area contributed by atoms with Gasteiger partial charge in [-0.25, -0.2) is 4.98 Å². The van der Waals surface area contributed by atoms with Gasteiger partial charge in [-0.2, -0.15) is 0 Å². The normalized spacial score (nSPS) is 11.1. The fourth-order valence-corrected chi connectivity index (χ4v) is 3.84. The van der Waals surface area contributed by atoms with Gasteiger partial charge in [0.1, 0.15) is 4.83 Å². The summed E-state index contributed by atoms with van der Waals surface area (Å²) in [5.74, 6) is 0. The highest BCUT2D eigenvalue weighted by Gasteiger charge is 2.13. The third-order valence-electron chi connectivity index (χ3n) is 4.19. The summed E-state index contributed by atoms with van der Waals surface area (Å²) in [4.78, 5) is 18.3. The zero-order valence-electron chi connectivity index (χ0n) is 13.6. The summed E-state index contributed by atoms with van der Waals surface area (Å²) in [6.45, 7) is 2.56. The number of aromatic nitrogens is 2. The van der Waals surface area contributed by atoms with E-state index in [2.05, 4.69) is 17.1 Å². The lowest BCUT2D eigenvalue weighted by Gasteiger charge is -2.07. The predicted molar refractivity (Wildman–Crippen MR) is 105 cm³/mol. The number of hydrogen-bond acceptors (Lipinski definition) is 3. The molecule has 4 rings (SSSR count). The van der Waals surface area contributed by atoms with Crippen LogP contribution in [0.4, 0.5) is 0 Å². The molecule has 0 fully saturated rings. The summed E-state index contributed by atoms with van der Waals surface area (Å²) < 4.78 is 1.67. The summed E-state index contributed by atoms with van der Waals surface area (Å²) >= 11 is 7.46. The van der Waals surface area contributed by atoms with E-state index in [-0.39, 0.29) is 5.56 Å². The molecule has 0 bridgehead atoms. The molecule has 0 radical (unpaired) electrons. The van der Waals surface area contributed by atoms with Crippen LogP contribution in [-0.4, -0.2) is 9.55 Å². The van der Waals surface area contributed by atoms with Gasteiger partial charge in [-0.15, -0.1) is 11.3 Å². The molecule has 0 aliphatic heterocycles. The van der Waals surface area contributed by atoms with Crippen LogP contribution in [0, 0.1) is 6.92 Å². The van der Waals surface area contributed by atoms with Crippen molar-refractivity contribution < 1.29 is 0 Å². The van der Waals surface area contributed by atoms with Crippen LogP contribution in [0.25, 0.3) is 21.3 Å². The largest absolute Gasteiger partial charge is 0.294 e. The molecule has 3 nitrogen and oxygen atoms in total. The van der Waals surface area contributed by atoms with Gasteiger partial charge in [-0.3, -0.25) is 9.36 Å². The first-order valence-corrected chi connectivity index (χ1v) is 9.16. The molecule has 0 spiro atoms. The molecule has 5 heteroatoms. The Kier molecular flexibility index (Phi) is 4.15. The van der Waals surface area contributed by atoms with E-state index < -0.39 is 0 Å². The average molecular weight is 367 g/mol. The van der Waals surface area contributed by atoms with Crippen molar-refractivity contribution in [3.63, 3.8) is 0 Å². The Labute approximate surface area is 154 Å². The first-order valence-electron chi connectivity index (χ1n) is 7.90. The lowest BCUT2D eigenvalue weighted by Crippen LogP contribution is -2.20. The molecule has 2 heterocycles. The van der Waals surface area contributed by atoms with E-state index in [9.17, 15) is 4.79 Å². The van der Waals surface area contributed by atoms with Gasteiger partial charge >= 0.3 is 0 Å². The first kappa shape index (κ1) is 16.1. The van der Waals surface area contributed by atoms with Crippen molar-refractivity contribution in [3.05, 3.63) is 86.7 Å². The lowest BCUT2D eigenvalue weighted by atomic mass is 10.1. The minimum atomic E-state index is -0.0169. The van der Waals surface area contributed by atoms with Gasteiger partial charge in [0.05, 0.1) is 18.3 Å². The zero-order chi connectivity index (χ0) is 17.4. The van der Waals surface area contributed by atoms with Gasteiger partial charge in [0.15, 0.2) is 0 Å². The number of fused-ring (bicyclic) bond motifs is 1. The van der Waals surface area contributed by atoms with Crippen LogP contribution in [0.15, 0.2) is 65.0 Å². The average Bonchev–Trinajstić information content (AvgIpc) is 3.05. The van der Waals surface area contributed by atoms with Crippen LogP contribution in [0.1, 0.15) is 11.1 Å². The molecule has 25 heavy (non-hydrogen) atoms. The summed E-state index contributed by atoms with van der Waals surface area (Å²) in [6, 6.07) is 15.7. The molecule has 124 valence electrons. The number of aryl methyl sites for hydroxylation is 1. The van der Waals surface area contributed by atoms with Crippen molar-refractivity contribution in [2.45, 2.75) is 13.5 Å². The second-order valence-electron chi connectivity index (χ2n) is 6.00. The third-order valence-corrected chi connectivity index (χ3v) is 5.33. The summed E-state index contributed by atoms with van der Waals surface area (Å²) in [5.41, 5.74) is 4.15. The summed E-state index contributed by atoms with van der Waals surface area (Å²) in [7, 11) is 0. The lowest BCUT2D eigenvalue weighted by molar-refractivity contribution is 0.749. The number of benzene rings is 2.